The van der Waals surface area contributed by atoms with Crippen molar-refractivity contribution in [1.82, 2.24) is 4.90 Å². The molecule has 1 aromatic rings. The molecule has 1 aromatic carbocycles. The molecule has 0 saturated carbocycles. The Morgan fingerprint density at radius 1 is 1.16 bits per heavy atom. The highest BCUT2D eigenvalue weighted by Crippen LogP contribution is 2.35. The van der Waals surface area contributed by atoms with E-state index in [4.69, 9.17) is 14.2 Å². The average Bonchev–Trinajstić information content (AvgIpc) is 2.91. The third-order valence-corrected chi connectivity index (χ3v) is 4.48. The fourth-order valence-electron chi connectivity index (χ4n) is 2.90. The van der Waals surface area contributed by atoms with E-state index in [9.17, 15) is 27.6 Å². The average molecular weight is 446 g/mol. The summed E-state index contributed by atoms with van der Waals surface area (Å²) in [6.45, 7) is -0.299. The maximum absolute atomic E-state index is 13.0. The maximum atomic E-state index is 13.0. The summed E-state index contributed by atoms with van der Waals surface area (Å²) in [7, 11) is 1.44. The van der Waals surface area contributed by atoms with Crippen LogP contribution in [0.15, 0.2) is 18.2 Å². The minimum Gasteiger partial charge on any atom is -0.489 e. The topological polar surface area (TPSA) is 94.2 Å². The molecule has 31 heavy (non-hydrogen) atoms. The number of hydrogen-bond acceptors (Lipinski definition) is 6. The molecule has 0 unspecified atom stereocenters. The second-order valence-corrected chi connectivity index (χ2v) is 6.88. The monoisotopic (exact) mass is 446 g/mol. The van der Waals surface area contributed by atoms with Gasteiger partial charge < -0.3 is 24.4 Å². The first-order chi connectivity index (χ1) is 14.7. The van der Waals surface area contributed by atoms with Crippen molar-refractivity contribution in [3.8, 4) is 5.75 Å². The van der Waals surface area contributed by atoms with E-state index in [-0.39, 0.29) is 37.1 Å². The Balaban J connectivity index is 1.96. The van der Waals surface area contributed by atoms with Crippen LogP contribution in [0.25, 0.3) is 0 Å². The lowest BCUT2D eigenvalue weighted by molar-refractivity contribution is -0.151. The summed E-state index contributed by atoms with van der Waals surface area (Å²) in [6, 6.07) is 2.65. The number of ether oxygens (including phenoxy) is 3. The largest absolute Gasteiger partial charge is 0.489 e. The molecule has 1 fully saturated rings. The van der Waals surface area contributed by atoms with E-state index in [1.54, 1.807) is 0 Å². The molecule has 1 heterocycles. The third kappa shape index (κ3) is 8.08. The van der Waals surface area contributed by atoms with Crippen LogP contribution in [0.3, 0.4) is 0 Å². The highest BCUT2D eigenvalue weighted by molar-refractivity contribution is 5.94. The summed E-state index contributed by atoms with van der Waals surface area (Å²) in [5.74, 6) is -1.75. The molecule has 8 nitrogen and oxygen atoms in total. The van der Waals surface area contributed by atoms with Crippen molar-refractivity contribution < 1.29 is 41.8 Å². The number of nitrogens with one attached hydrogen (secondary N) is 1. The Labute approximate surface area is 177 Å². The van der Waals surface area contributed by atoms with Crippen LogP contribution in [-0.4, -0.2) is 62.7 Å². The standard InChI is InChI=1S/C20H25F3N2O6/c1-29-9-10-30-16-7-6-14(20(21,22)23)11-15(16)24-17(26)13-31-19(28)12-25-8-4-2-3-5-18(25)27/h6-7,11H,2-5,8-10,12-13H2,1H3,(H,24,26). The predicted octanol–water partition coefficient (Wildman–Crippen LogP) is 2.61. The second-order valence-electron chi connectivity index (χ2n) is 6.88. The molecular weight excluding hydrogens is 421 g/mol. The Morgan fingerprint density at radius 2 is 1.94 bits per heavy atom. The third-order valence-electron chi connectivity index (χ3n) is 4.48. The smallest absolute Gasteiger partial charge is 0.416 e. The first-order valence-electron chi connectivity index (χ1n) is 9.77. The summed E-state index contributed by atoms with van der Waals surface area (Å²) < 4.78 is 54.1. The number of esters is 1. The van der Waals surface area contributed by atoms with Crippen molar-refractivity contribution in [3.63, 3.8) is 0 Å². The number of nitrogens with zero attached hydrogens (tertiary/aromatic N) is 1. The molecule has 0 radical (unpaired) electrons. The van der Waals surface area contributed by atoms with E-state index in [1.807, 2.05) is 0 Å². The number of rotatable bonds is 9. The molecule has 0 bridgehead atoms. The number of carbonyl (C=O) groups is 3. The molecule has 1 saturated heterocycles. The van der Waals surface area contributed by atoms with Crippen LogP contribution in [0, 0.1) is 0 Å². The maximum Gasteiger partial charge on any atom is 0.416 e. The lowest BCUT2D eigenvalue weighted by Crippen LogP contribution is -2.36. The zero-order valence-electron chi connectivity index (χ0n) is 17.1. The minimum absolute atomic E-state index is 0.0138. The Kier molecular flexibility index (Phi) is 9.10. The summed E-state index contributed by atoms with van der Waals surface area (Å²) >= 11 is 0. The highest BCUT2D eigenvalue weighted by Gasteiger charge is 2.31. The van der Waals surface area contributed by atoms with Crippen molar-refractivity contribution >= 4 is 23.5 Å². The van der Waals surface area contributed by atoms with Crippen molar-refractivity contribution in [1.29, 1.82) is 0 Å². The summed E-state index contributed by atoms with van der Waals surface area (Å²) in [4.78, 5) is 37.4. The van der Waals surface area contributed by atoms with Gasteiger partial charge >= 0.3 is 12.1 Å². The molecule has 2 amide bonds. The molecule has 0 spiro atoms. The molecule has 0 aromatic heterocycles. The van der Waals surface area contributed by atoms with Crippen molar-refractivity contribution in [2.45, 2.75) is 31.9 Å². The van der Waals surface area contributed by atoms with Crippen LogP contribution < -0.4 is 10.1 Å². The van der Waals surface area contributed by atoms with Crippen LogP contribution in [0.1, 0.15) is 31.2 Å². The van der Waals surface area contributed by atoms with Crippen LogP contribution in [-0.2, 0) is 30.0 Å². The van der Waals surface area contributed by atoms with E-state index in [0.29, 0.717) is 13.0 Å². The van der Waals surface area contributed by atoms with Gasteiger partial charge in [-0.05, 0) is 31.0 Å². The summed E-state index contributed by atoms with van der Waals surface area (Å²) in [6.07, 6.45) is -1.82. The van der Waals surface area contributed by atoms with E-state index >= 15 is 0 Å². The SMILES string of the molecule is COCCOc1ccc(C(F)(F)F)cc1NC(=O)COC(=O)CN1CCCCCC1=O. The molecule has 172 valence electrons. The van der Waals surface area contributed by atoms with Gasteiger partial charge in [0.25, 0.3) is 5.91 Å². The number of alkyl halides is 3. The number of amides is 2. The van der Waals surface area contributed by atoms with Gasteiger partial charge in [-0.2, -0.15) is 13.2 Å². The minimum atomic E-state index is -4.61. The molecule has 1 N–H and O–H groups in total. The first-order valence-corrected chi connectivity index (χ1v) is 9.77. The van der Waals surface area contributed by atoms with Gasteiger partial charge in [-0.25, -0.2) is 0 Å². The van der Waals surface area contributed by atoms with Gasteiger partial charge in [0.2, 0.25) is 5.91 Å². The second kappa shape index (κ2) is 11.5. The van der Waals surface area contributed by atoms with Gasteiger partial charge in [0, 0.05) is 20.1 Å². The Hall–Kier alpha value is -2.82. The fourth-order valence-corrected chi connectivity index (χ4v) is 2.90. The van der Waals surface area contributed by atoms with Gasteiger partial charge in [0.1, 0.15) is 18.9 Å². The molecule has 0 atom stereocenters. The number of methoxy groups -OCH3 is 1. The fraction of sp³-hybridized carbons (Fsp3) is 0.550. The highest BCUT2D eigenvalue weighted by atomic mass is 19.4. The van der Waals surface area contributed by atoms with E-state index < -0.39 is 30.2 Å². The molecule has 2 rings (SSSR count). The first kappa shape index (κ1) is 24.4. The molecule has 11 heteroatoms. The number of likely N-dealkylation sites (tertiary alicyclic amines) is 1. The molecule has 1 aliphatic rings. The van der Waals surface area contributed by atoms with E-state index in [0.717, 1.165) is 37.5 Å². The summed E-state index contributed by atoms with van der Waals surface area (Å²) in [5, 5.41) is 2.27. The van der Waals surface area contributed by atoms with Crippen LogP contribution in [0.5, 0.6) is 5.75 Å². The lowest BCUT2D eigenvalue weighted by atomic mass is 10.1. The Morgan fingerprint density at radius 3 is 2.65 bits per heavy atom. The van der Waals surface area contributed by atoms with Crippen LogP contribution in [0.4, 0.5) is 18.9 Å². The number of benzene rings is 1. The summed E-state index contributed by atoms with van der Waals surface area (Å²) in [5.41, 5.74) is -1.19. The quantitative estimate of drug-likeness (QED) is 0.463. The van der Waals surface area contributed by atoms with E-state index in [1.165, 1.54) is 12.0 Å². The molecular formula is C20H25F3N2O6. The number of carbonyl (C=O) groups excluding carboxylic acids is 3. The zero-order valence-corrected chi connectivity index (χ0v) is 17.1. The lowest BCUT2D eigenvalue weighted by Gasteiger charge is -2.19. The van der Waals surface area contributed by atoms with Gasteiger partial charge in [-0.15, -0.1) is 0 Å². The van der Waals surface area contributed by atoms with Gasteiger partial charge in [-0.3, -0.25) is 14.4 Å². The predicted molar refractivity (Wildman–Crippen MR) is 103 cm³/mol. The molecule has 0 aliphatic carbocycles. The zero-order chi connectivity index (χ0) is 22.9. The van der Waals surface area contributed by atoms with Crippen molar-refractivity contribution in [2.24, 2.45) is 0 Å². The Bertz CT molecular complexity index is 785. The van der Waals surface area contributed by atoms with Gasteiger partial charge in [0.05, 0.1) is 17.9 Å². The van der Waals surface area contributed by atoms with E-state index in [2.05, 4.69) is 5.32 Å². The van der Waals surface area contributed by atoms with Crippen molar-refractivity contribution in [2.75, 3.05) is 45.3 Å². The van der Waals surface area contributed by atoms with Gasteiger partial charge in [-0.1, -0.05) is 6.42 Å². The molecule has 1 aliphatic heterocycles. The number of anilines is 1. The number of halogens is 3. The number of hydrogen-bond donors (Lipinski definition) is 1. The van der Waals surface area contributed by atoms with Crippen LogP contribution in [0.2, 0.25) is 0 Å². The van der Waals surface area contributed by atoms with Crippen molar-refractivity contribution in [3.05, 3.63) is 23.8 Å². The van der Waals surface area contributed by atoms with Gasteiger partial charge in [0.15, 0.2) is 6.61 Å². The normalized spacial score (nSPS) is 14.7. The van der Waals surface area contributed by atoms with Crippen LogP contribution >= 0.6 is 0 Å².